The van der Waals surface area contributed by atoms with Gasteiger partial charge in [-0.05, 0) is 52.7 Å². The molecule has 0 atom stereocenters. The first-order valence-corrected chi connectivity index (χ1v) is 8.68. The van der Waals surface area contributed by atoms with Crippen LogP contribution in [0, 0.1) is 0 Å². The Bertz CT molecular complexity index is 820. The first-order valence-electron chi connectivity index (χ1n) is 7.88. The normalized spacial score (nSPS) is 10.5. The van der Waals surface area contributed by atoms with Crippen LogP contribution in [0.15, 0.2) is 53.7 Å². The molecule has 0 saturated heterocycles. The quantitative estimate of drug-likeness (QED) is 0.645. The molecule has 6 nitrogen and oxygen atoms in total. The van der Waals surface area contributed by atoms with Gasteiger partial charge in [0.15, 0.2) is 11.5 Å². The highest BCUT2D eigenvalue weighted by atomic mass is 79.9. The molecule has 0 bridgehead atoms. The van der Waals surface area contributed by atoms with Gasteiger partial charge in [-0.15, -0.1) is 0 Å². The van der Waals surface area contributed by atoms with Crippen LogP contribution in [0.3, 0.4) is 0 Å². The molecule has 0 radical (unpaired) electrons. The van der Waals surface area contributed by atoms with Crippen LogP contribution in [0.5, 0.6) is 11.5 Å². The lowest BCUT2D eigenvalue weighted by Gasteiger charge is -2.14. The molecule has 3 aromatic rings. The molecule has 1 aromatic carbocycles. The van der Waals surface area contributed by atoms with Gasteiger partial charge in [-0.25, -0.2) is 9.97 Å². The summed E-state index contributed by atoms with van der Waals surface area (Å²) < 4.78 is 13.8. The number of halogens is 1. The summed E-state index contributed by atoms with van der Waals surface area (Å²) in [6.45, 7) is 3.18. The van der Waals surface area contributed by atoms with E-state index in [1.807, 2.05) is 42.0 Å². The summed E-state index contributed by atoms with van der Waals surface area (Å²) in [5.41, 5.74) is 2.02. The summed E-state index contributed by atoms with van der Waals surface area (Å²) in [6, 6.07) is 7.93. The van der Waals surface area contributed by atoms with E-state index < -0.39 is 0 Å². The Labute approximate surface area is 155 Å². The zero-order valence-corrected chi connectivity index (χ0v) is 15.7. The third-order valence-electron chi connectivity index (χ3n) is 3.59. The number of rotatable bonds is 7. The smallest absolute Gasteiger partial charge is 0.174 e. The Hall–Kier alpha value is -2.54. The lowest BCUT2D eigenvalue weighted by Crippen LogP contribution is -2.03. The van der Waals surface area contributed by atoms with Crippen LogP contribution >= 0.6 is 15.9 Å². The molecule has 1 N–H and O–H groups in total. The number of imidazole rings is 1. The average Bonchev–Trinajstić information content (AvgIpc) is 3.15. The van der Waals surface area contributed by atoms with Crippen molar-refractivity contribution in [1.82, 2.24) is 14.5 Å². The highest BCUT2D eigenvalue weighted by Crippen LogP contribution is 2.36. The number of nitrogens with one attached hydrogen (secondary N) is 1. The number of benzene rings is 1. The van der Waals surface area contributed by atoms with E-state index in [0.717, 1.165) is 27.3 Å². The molecule has 3 rings (SSSR count). The zero-order chi connectivity index (χ0) is 17.6. The van der Waals surface area contributed by atoms with E-state index >= 15 is 0 Å². The summed E-state index contributed by atoms with van der Waals surface area (Å²) in [6.07, 6.45) is 7.11. The lowest BCUT2D eigenvalue weighted by atomic mass is 10.2. The molecule has 25 heavy (non-hydrogen) atoms. The van der Waals surface area contributed by atoms with E-state index in [2.05, 4.69) is 31.2 Å². The van der Waals surface area contributed by atoms with Gasteiger partial charge in [-0.2, -0.15) is 0 Å². The van der Waals surface area contributed by atoms with Crippen molar-refractivity contribution in [3.05, 3.63) is 59.2 Å². The first kappa shape index (κ1) is 17.3. The standard InChI is InChI=1S/C18H19BrN4O2/c1-3-25-16-9-13(8-15(19)18(16)24-2)10-21-14-4-5-17(22-11-14)23-7-6-20-12-23/h4-9,11-12,21H,3,10H2,1-2H3. The summed E-state index contributed by atoms with van der Waals surface area (Å²) in [4.78, 5) is 8.46. The van der Waals surface area contributed by atoms with Crippen molar-refractivity contribution >= 4 is 21.6 Å². The summed E-state index contributed by atoms with van der Waals surface area (Å²) in [7, 11) is 1.63. The molecule has 0 unspecified atom stereocenters. The van der Waals surface area contributed by atoms with Gasteiger partial charge < -0.3 is 14.8 Å². The molecular weight excluding hydrogens is 384 g/mol. The maximum atomic E-state index is 5.65. The van der Waals surface area contributed by atoms with E-state index in [9.17, 15) is 0 Å². The van der Waals surface area contributed by atoms with Crippen LogP contribution < -0.4 is 14.8 Å². The maximum Gasteiger partial charge on any atom is 0.174 e. The Morgan fingerprint density at radius 3 is 2.80 bits per heavy atom. The van der Waals surface area contributed by atoms with Crippen LogP contribution in [0.25, 0.3) is 5.82 Å². The van der Waals surface area contributed by atoms with Crippen molar-refractivity contribution in [2.24, 2.45) is 0 Å². The molecule has 0 aliphatic heterocycles. The van der Waals surface area contributed by atoms with E-state index in [-0.39, 0.29) is 0 Å². The fourth-order valence-electron chi connectivity index (χ4n) is 2.43. The number of ether oxygens (including phenoxy) is 2. The predicted octanol–water partition coefficient (Wildman–Crippen LogP) is 4.05. The van der Waals surface area contributed by atoms with E-state index in [1.165, 1.54) is 0 Å². The van der Waals surface area contributed by atoms with Crippen LogP contribution in [0.2, 0.25) is 0 Å². The van der Waals surface area contributed by atoms with Crippen LogP contribution in [0.4, 0.5) is 5.69 Å². The molecule has 2 aromatic heterocycles. The minimum atomic E-state index is 0.583. The van der Waals surface area contributed by atoms with Crippen molar-refractivity contribution in [3.63, 3.8) is 0 Å². The molecular formula is C18H19BrN4O2. The van der Waals surface area contributed by atoms with Gasteiger partial charge in [0.05, 0.1) is 30.1 Å². The number of aromatic nitrogens is 3. The first-order chi connectivity index (χ1) is 12.2. The fraction of sp³-hybridized carbons (Fsp3) is 0.222. The highest BCUT2D eigenvalue weighted by Gasteiger charge is 2.11. The van der Waals surface area contributed by atoms with Gasteiger partial charge >= 0.3 is 0 Å². The van der Waals surface area contributed by atoms with Crippen LogP contribution in [0.1, 0.15) is 12.5 Å². The molecule has 0 spiro atoms. The molecule has 0 saturated carbocycles. The molecule has 130 valence electrons. The third kappa shape index (κ3) is 4.11. The summed E-state index contributed by atoms with van der Waals surface area (Å²) in [5, 5.41) is 3.36. The number of methoxy groups -OCH3 is 1. The zero-order valence-electron chi connectivity index (χ0n) is 14.1. The molecule has 0 aliphatic rings. The number of hydrogen-bond donors (Lipinski definition) is 1. The van der Waals surface area contributed by atoms with Crippen molar-refractivity contribution in [3.8, 4) is 17.3 Å². The Kier molecular flexibility index (Phi) is 5.55. The average molecular weight is 403 g/mol. The fourth-order valence-corrected chi connectivity index (χ4v) is 3.08. The second kappa shape index (κ2) is 8.02. The van der Waals surface area contributed by atoms with Crippen molar-refractivity contribution in [2.45, 2.75) is 13.5 Å². The van der Waals surface area contributed by atoms with E-state index in [0.29, 0.717) is 18.9 Å². The van der Waals surface area contributed by atoms with Gasteiger partial charge in [0.25, 0.3) is 0 Å². The SMILES string of the molecule is CCOc1cc(CNc2ccc(-n3ccnc3)nc2)cc(Br)c1OC. The second-order valence-electron chi connectivity index (χ2n) is 5.27. The number of hydrogen-bond acceptors (Lipinski definition) is 5. The lowest BCUT2D eigenvalue weighted by molar-refractivity contribution is 0.309. The van der Waals surface area contributed by atoms with Crippen LogP contribution in [-0.2, 0) is 6.54 Å². The minimum Gasteiger partial charge on any atom is -0.492 e. The van der Waals surface area contributed by atoms with Gasteiger partial charge in [0.2, 0.25) is 0 Å². The maximum absolute atomic E-state index is 5.65. The van der Waals surface area contributed by atoms with Crippen molar-refractivity contribution in [2.75, 3.05) is 19.0 Å². The van der Waals surface area contributed by atoms with E-state index in [1.54, 1.807) is 25.8 Å². The summed E-state index contributed by atoms with van der Waals surface area (Å²) >= 11 is 3.53. The number of pyridine rings is 1. The highest BCUT2D eigenvalue weighted by molar-refractivity contribution is 9.10. The van der Waals surface area contributed by atoms with Crippen molar-refractivity contribution in [1.29, 1.82) is 0 Å². The molecule has 7 heteroatoms. The topological polar surface area (TPSA) is 61.2 Å². The molecule has 0 amide bonds. The molecule has 2 heterocycles. The third-order valence-corrected chi connectivity index (χ3v) is 4.18. The summed E-state index contributed by atoms with van der Waals surface area (Å²) in [5.74, 6) is 2.26. The molecule has 0 fully saturated rings. The van der Waals surface area contributed by atoms with Gasteiger partial charge in [-0.3, -0.25) is 4.57 Å². The van der Waals surface area contributed by atoms with Crippen LogP contribution in [-0.4, -0.2) is 28.3 Å². The van der Waals surface area contributed by atoms with Gasteiger partial charge in [0.1, 0.15) is 12.1 Å². The molecule has 0 aliphatic carbocycles. The van der Waals surface area contributed by atoms with E-state index in [4.69, 9.17) is 9.47 Å². The minimum absolute atomic E-state index is 0.583. The largest absolute Gasteiger partial charge is 0.492 e. The Morgan fingerprint density at radius 1 is 1.28 bits per heavy atom. The second-order valence-corrected chi connectivity index (χ2v) is 6.12. The van der Waals surface area contributed by atoms with Gasteiger partial charge in [0, 0.05) is 18.9 Å². The number of nitrogens with zero attached hydrogens (tertiary/aromatic N) is 3. The number of anilines is 1. The van der Waals surface area contributed by atoms with Crippen molar-refractivity contribution < 1.29 is 9.47 Å². The predicted molar refractivity (Wildman–Crippen MR) is 101 cm³/mol. The van der Waals surface area contributed by atoms with Gasteiger partial charge in [-0.1, -0.05) is 0 Å². The monoisotopic (exact) mass is 402 g/mol. The Morgan fingerprint density at radius 2 is 2.16 bits per heavy atom. The Balaban J connectivity index is 1.71.